The molecule has 64 valence electrons. The van der Waals surface area contributed by atoms with Gasteiger partial charge in [0.1, 0.15) is 0 Å². The topological polar surface area (TPSA) is 58.6 Å². The molecule has 1 unspecified atom stereocenters. The Balaban J connectivity index is 2.43. The average Bonchev–Trinajstić information content (AvgIpc) is 1.85. The van der Waals surface area contributed by atoms with Crippen LogP contribution in [0.15, 0.2) is 0 Å². The molecule has 2 N–H and O–H groups in total. The molecule has 0 radical (unpaired) electrons. The highest BCUT2D eigenvalue weighted by Gasteiger charge is 2.30. The number of carboxylic acid groups (broad SMARTS) is 1. The van der Waals surface area contributed by atoms with E-state index in [1.54, 1.807) is 0 Å². The molecule has 1 rings (SSSR count). The van der Waals surface area contributed by atoms with Crippen molar-refractivity contribution in [2.75, 3.05) is 19.7 Å². The van der Waals surface area contributed by atoms with Gasteiger partial charge >= 0.3 is 5.97 Å². The van der Waals surface area contributed by atoms with Gasteiger partial charge in [-0.15, -0.1) is 0 Å². The number of morpholine rings is 1. The van der Waals surface area contributed by atoms with Gasteiger partial charge in [0.2, 0.25) is 0 Å². The molecule has 0 aromatic carbocycles. The number of hydrogen-bond acceptors (Lipinski definition) is 3. The minimum Gasteiger partial charge on any atom is -0.481 e. The Bertz CT molecular complexity index is 152. The fourth-order valence-corrected chi connectivity index (χ4v) is 1.21. The molecule has 0 aliphatic carbocycles. The van der Waals surface area contributed by atoms with E-state index in [0.717, 1.165) is 6.54 Å². The maximum absolute atomic E-state index is 10.4. The molecule has 4 heteroatoms. The van der Waals surface area contributed by atoms with Gasteiger partial charge in [0.05, 0.1) is 18.6 Å². The highest BCUT2D eigenvalue weighted by molar-refractivity contribution is 5.68. The Morgan fingerprint density at radius 1 is 1.82 bits per heavy atom. The van der Waals surface area contributed by atoms with Crippen molar-refractivity contribution in [1.29, 1.82) is 0 Å². The van der Waals surface area contributed by atoms with Crippen LogP contribution in [-0.2, 0) is 9.53 Å². The standard InChI is InChI=1S/C7H13NO3/c1-7(4-6(9)10)5-8-2-3-11-7/h8H,2-5H2,1H3,(H,9,10). The van der Waals surface area contributed by atoms with Gasteiger partial charge in [-0.05, 0) is 6.92 Å². The van der Waals surface area contributed by atoms with Crippen LogP contribution in [0.1, 0.15) is 13.3 Å². The van der Waals surface area contributed by atoms with Gasteiger partial charge in [0.15, 0.2) is 0 Å². The number of nitrogens with one attached hydrogen (secondary N) is 1. The minimum absolute atomic E-state index is 0.0694. The zero-order valence-electron chi connectivity index (χ0n) is 6.59. The normalized spacial score (nSPS) is 31.7. The van der Waals surface area contributed by atoms with Crippen molar-refractivity contribution >= 4 is 5.97 Å². The van der Waals surface area contributed by atoms with Crippen LogP contribution in [0.4, 0.5) is 0 Å². The lowest BCUT2D eigenvalue weighted by Crippen LogP contribution is -2.48. The maximum atomic E-state index is 10.4. The second-order valence-electron chi connectivity index (χ2n) is 3.05. The molecule has 0 amide bonds. The van der Waals surface area contributed by atoms with Crippen LogP contribution in [0, 0.1) is 0 Å². The number of aliphatic carboxylic acids is 1. The third kappa shape index (κ3) is 2.48. The number of hydrogen-bond donors (Lipinski definition) is 2. The van der Waals surface area contributed by atoms with Crippen LogP contribution < -0.4 is 5.32 Å². The van der Waals surface area contributed by atoms with Crippen LogP contribution in [0.2, 0.25) is 0 Å². The molecule has 1 aliphatic rings. The van der Waals surface area contributed by atoms with E-state index in [4.69, 9.17) is 9.84 Å². The first kappa shape index (κ1) is 8.49. The summed E-state index contributed by atoms with van der Waals surface area (Å²) in [7, 11) is 0. The van der Waals surface area contributed by atoms with Crippen molar-refractivity contribution in [2.45, 2.75) is 18.9 Å². The zero-order valence-corrected chi connectivity index (χ0v) is 6.59. The second kappa shape index (κ2) is 3.19. The van der Waals surface area contributed by atoms with Crippen LogP contribution in [0.5, 0.6) is 0 Å². The Morgan fingerprint density at radius 3 is 3.00 bits per heavy atom. The van der Waals surface area contributed by atoms with Crippen molar-refractivity contribution in [1.82, 2.24) is 5.32 Å². The first-order chi connectivity index (χ1) is 5.12. The molecule has 0 aromatic heterocycles. The summed E-state index contributed by atoms with van der Waals surface area (Å²) in [5, 5.41) is 11.6. The molecule has 0 spiro atoms. The van der Waals surface area contributed by atoms with Crippen molar-refractivity contribution in [3.63, 3.8) is 0 Å². The van der Waals surface area contributed by atoms with Gasteiger partial charge in [-0.2, -0.15) is 0 Å². The second-order valence-corrected chi connectivity index (χ2v) is 3.05. The Hall–Kier alpha value is -0.610. The summed E-state index contributed by atoms with van der Waals surface area (Å²) >= 11 is 0. The third-order valence-corrected chi connectivity index (χ3v) is 1.75. The van der Waals surface area contributed by atoms with E-state index in [1.807, 2.05) is 6.92 Å². The Morgan fingerprint density at radius 2 is 2.55 bits per heavy atom. The molecule has 4 nitrogen and oxygen atoms in total. The summed E-state index contributed by atoms with van der Waals surface area (Å²) in [5.74, 6) is -0.809. The lowest BCUT2D eigenvalue weighted by Gasteiger charge is -2.32. The van der Waals surface area contributed by atoms with E-state index in [9.17, 15) is 4.79 Å². The average molecular weight is 159 g/mol. The van der Waals surface area contributed by atoms with E-state index < -0.39 is 11.6 Å². The lowest BCUT2D eigenvalue weighted by molar-refractivity contribution is -0.146. The molecular formula is C7H13NO3. The fourth-order valence-electron chi connectivity index (χ4n) is 1.21. The van der Waals surface area contributed by atoms with Crippen molar-refractivity contribution in [2.24, 2.45) is 0 Å². The molecule has 1 heterocycles. The molecular weight excluding hydrogens is 146 g/mol. The predicted octanol–water partition coefficient (Wildman–Crippen LogP) is -0.160. The van der Waals surface area contributed by atoms with Crippen LogP contribution in [-0.4, -0.2) is 36.4 Å². The molecule has 11 heavy (non-hydrogen) atoms. The van der Waals surface area contributed by atoms with Gasteiger partial charge in [-0.3, -0.25) is 4.79 Å². The highest BCUT2D eigenvalue weighted by Crippen LogP contribution is 2.16. The van der Waals surface area contributed by atoms with E-state index in [2.05, 4.69) is 5.32 Å². The molecule has 1 fully saturated rings. The van der Waals surface area contributed by atoms with Crippen molar-refractivity contribution in [3.05, 3.63) is 0 Å². The van der Waals surface area contributed by atoms with Gasteiger partial charge in [-0.25, -0.2) is 0 Å². The molecule has 0 bridgehead atoms. The van der Waals surface area contributed by atoms with Crippen molar-refractivity contribution < 1.29 is 14.6 Å². The zero-order chi connectivity index (χ0) is 8.32. The number of carbonyl (C=O) groups is 1. The van der Waals surface area contributed by atoms with Gasteiger partial charge in [-0.1, -0.05) is 0 Å². The van der Waals surface area contributed by atoms with Gasteiger partial charge < -0.3 is 15.2 Å². The van der Waals surface area contributed by atoms with Gasteiger partial charge in [0.25, 0.3) is 0 Å². The summed E-state index contributed by atoms with van der Waals surface area (Å²) < 4.78 is 5.33. The quantitative estimate of drug-likeness (QED) is 0.587. The first-order valence-electron chi connectivity index (χ1n) is 3.69. The summed E-state index contributed by atoms with van der Waals surface area (Å²) in [6.07, 6.45) is 0.0694. The van der Waals surface area contributed by atoms with Crippen LogP contribution in [0.25, 0.3) is 0 Å². The Kier molecular flexibility index (Phi) is 2.46. The Labute approximate surface area is 65.5 Å². The monoisotopic (exact) mass is 159 g/mol. The van der Waals surface area contributed by atoms with E-state index in [1.165, 1.54) is 0 Å². The summed E-state index contributed by atoms with van der Waals surface area (Å²) in [5.41, 5.74) is -0.510. The summed E-state index contributed by atoms with van der Waals surface area (Å²) in [6.45, 7) is 3.85. The predicted molar refractivity (Wildman–Crippen MR) is 39.5 cm³/mol. The third-order valence-electron chi connectivity index (χ3n) is 1.75. The summed E-state index contributed by atoms with van der Waals surface area (Å²) in [4.78, 5) is 10.4. The van der Waals surface area contributed by atoms with E-state index in [-0.39, 0.29) is 6.42 Å². The minimum atomic E-state index is -0.809. The summed E-state index contributed by atoms with van der Waals surface area (Å²) in [6, 6.07) is 0. The SMILES string of the molecule is CC1(CC(=O)O)CNCCO1. The maximum Gasteiger partial charge on any atom is 0.306 e. The fraction of sp³-hybridized carbons (Fsp3) is 0.857. The highest BCUT2D eigenvalue weighted by atomic mass is 16.5. The largest absolute Gasteiger partial charge is 0.481 e. The smallest absolute Gasteiger partial charge is 0.306 e. The van der Waals surface area contributed by atoms with Crippen LogP contribution in [0.3, 0.4) is 0 Å². The number of rotatable bonds is 2. The molecule has 0 aromatic rings. The van der Waals surface area contributed by atoms with Crippen LogP contribution >= 0.6 is 0 Å². The number of ether oxygens (including phenoxy) is 1. The molecule has 0 saturated carbocycles. The van der Waals surface area contributed by atoms with Crippen molar-refractivity contribution in [3.8, 4) is 0 Å². The number of carboxylic acids is 1. The molecule has 1 aliphatic heterocycles. The van der Waals surface area contributed by atoms with E-state index in [0.29, 0.717) is 13.2 Å². The first-order valence-corrected chi connectivity index (χ1v) is 3.69. The van der Waals surface area contributed by atoms with E-state index >= 15 is 0 Å². The molecule has 1 atom stereocenters. The van der Waals surface area contributed by atoms with Gasteiger partial charge in [0, 0.05) is 13.1 Å². The molecule has 1 saturated heterocycles. The lowest BCUT2D eigenvalue weighted by atomic mass is 10.0.